The number of hydrogen-bond donors (Lipinski definition) is 4. The Morgan fingerprint density at radius 1 is 1.09 bits per heavy atom. The molecule has 4 atom stereocenters. The van der Waals surface area contributed by atoms with Gasteiger partial charge in [-0.2, -0.15) is 0 Å². The minimum atomic E-state index is -1.28. The van der Waals surface area contributed by atoms with Gasteiger partial charge in [-0.1, -0.05) is 42.5 Å². The van der Waals surface area contributed by atoms with Crippen molar-refractivity contribution in [3.63, 3.8) is 0 Å². The van der Waals surface area contributed by atoms with Gasteiger partial charge in [0.1, 0.15) is 12.2 Å². The quantitative estimate of drug-likeness (QED) is 0.500. The zero-order chi connectivity index (χ0) is 23.5. The first-order valence-corrected chi connectivity index (χ1v) is 11.2. The third kappa shape index (κ3) is 6.17. The van der Waals surface area contributed by atoms with Crippen LogP contribution in [0.1, 0.15) is 67.0 Å². The molecule has 0 aromatic heterocycles. The second kappa shape index (κ2) is 10.1. The molecule has 6 heteroatoms. The van der Waals surface area contributed by atoms with Gasteiger partial charge in [-0.25, -0.2) is 0 Å². The summed E-state index contributed by atoms with van der Waals surface area (Å²) in [5.41, 5.74) is 4.21. The van der Waals surface area contributed by atoms with E-state index in [4.69, 9.17) is 9.84 Å². The summed E-state index contributed by atoms with van der Waals surface area (Å²) in [5, 5.41) is 39.8. The molecule has 1 heterocycles. The molecule has 1 saturated heterocycles. The second-order valence-electron chi connectivity index (χ2n) is 9.42. The molecule has 0 amide bonds. The highest BCUT2D eigenvalue weighted by Crippen LogP contribution is 2.36. The largest absolute Gasteiger partial charge is 0.481 e. The van der Waals surface area contributed by atoms with Gasteiger partial charge in [-0.3, -0.25) is 4.79 Å². The Morgan fingerprint density at radius 3 is 2.38 bits per heavy atom. The average molecular weight is 443 g/mol. The van der Waals surface area contributed by atoms with Crippen molar-refractivity contribution >= 4 is 5.97 Å². The highest BCUT2D eigenvalue weighted by Gasteiger charge is 2.44. The van der Waals surface area contributed by atoms with E-state index in [9.17, 15) is 20.1 Å². The maximum atomic E-state index is 10.7. The van der Waals surface area contributed by atoms with Crippen molar-refractivity contribution in [1.29, 1.82) is 0 Å². The average Bonchev–Trinajstić information content (AvgIpc) is 2.71. The first-order valence-electron chi connectivity index (χ1n) is 11.2. The van der Waals surface area contributed by atoms with Crippen LogP contribution in [0.3, 0.4) is 0 Å². The van der Waals surface area contributed by atoms with Crippen molar-refractivity contribution in [2.75, 3.05) is 0 Å². The number of aryl methyl sites for hydroxylation is 2. The van der Waals surface area contributed by atoms with Gasteiger partial charge in [-0.05, 0) is 67.9 Å². The van der Waals surface area contributed by atoms with E-state index in [0.717, 1.165) is 40.7 Å². The van der Waals surface area contributed by atoms with Crippen molar-refractivity contribution < 1.29 is 30.0 Å². The summed E-state index contributed by atoms with van der Waals surface area (Å²) in [6, 6.07) is 14.3. The Bertz CT molecular complexity index is 915. The van der Waals surface area contributed by atoms with Gasteiger partial charge in [0.25, 0.3) is 0 Å². The summed E-state index contributed by atoms with van der Waals surface area (Å²) < 4.78 is 6.03. The fourth-order valence-corrected chi connectivity index (χ4v) is 4.24. The molecule has 174 valence electrons. The van der Waals surface area contributed by atoms with Gasteiger partial charge in [0, 0.05) is 12.8 Å². The zero-order valence-electron chi connectivity index (χ0n) is 19.0. The lowest BCUT2D eigenvalue weighted by molar-refractivity contribution is -0.223. The number of aliphatic hydroxyl groups is 3. The SMILES string of the molecule is Cc1ccc([C@H]2C[C@@H](O)[C@H](O)C(C(C)(C)O)O2)cc1Cc1ccc(CCCC(=O)O)cc1. The van der Waals surface area contributed by atoms with Gasteiger partial charge in [0.05, 0.1) is 17.8 Å². The number of hydrogen-bond acceptors (Lipinski definition) is 5. The van der Waals surface area contributed by atoms with Crippen LogP contribution < -0.4 is 0 Å². The normalized spacial score (nSPS) is 23.8. The van der Waals surface area contributed by atoms with E-state index in [1.165, 1.54) is 0 Å². The fraction of sp³-hybridized carbons (Fsp3) is 0.500. The fourth-order valence-electron chi connectivity index (χ4n) is 4.24. The molecule has 0 aliphatic carbocycles. The van der Waals surface area contributed by atoms with Crippen LogP contribution >= 0.6 is 0 Å². The van der Waals surface area contributed by atoms with Gasteiger partial charge in [0.2, 0.25) is 0 Å². The summed E-state index contributed by atoms with van der Waals surface area (Å²) in [5.74, 6) is -0.769. The lowest BCUT2D eigenvalue weighted by Crippen LogP contribution is -2.55. The monoisotopic (exact) mass is 442 g/mol. The molecule has 1 fully saturated rings. The van der Waals surface area contributed by atoms with Gasteiger partial charge in [-0.15, -0.1) is 0 Å². The van der Waals surface area contributed by atoms with Crippen LogP contribution in [0.5, 0.6) is 0 Å². The summed E-state index contributed by atoms with van der Waals surface area (Å²) in [4.78, 5) is 10.7. The predicted octanol–water partition coefficient (Wildman–Crippen LogP) is 3.32. The molecule has 6 nitrogen and oxygen atoms in total. The summed E-state index contributed by atoms with van der Waals surface area (Å²) in [6.45, 7) is 5.20. The minimum Gasteiger partial charge on any atom is -0.481 e. The van der Waals surface area contributed by atoms with Crippen LogP contribution in [-0.4, -0.2) is 50.3 Å². The molecule has 0 spiro atoms. The molecule has 1 aliphatic heterocycles. The minimum absolute atomic E-state index is 0.178. The first kappa shape index (κ1) is 24.4. The molecule has 1 unspecified atom stereocenters. The van der Waals surface area contributed by atoms with Crippen LogP contribution in [0.4, 0.5) is 0 Å². The first-order chi connectivity index (χ1) is 15.0. The van der Waals surface area contributed by atoms with Crippen molar-refractivity contribution in [3.05, 3.63) is 70.3 Å². The smallest absolute Gasteiger partial charge is 0.303 e. The molecule has 2 aromatic rings. The molecule has 2 aromatic carbocycles. The van der Waals surface area contributed by atoms with E-state index >= 15 is 0 Å². The number of carboxylic acids is 1. The Hall–Kier alpha value is -2.25. The molecule has 1 aliphatic rings. The van der Waals surface area contributed by atoms with Crippen molar-refractivity contribution in [2.24, 2.45) is 0 Å². The topological polar surface area (TPSA) is 107 Å². The summed E-state index contributed by atoms with van der Waals surface area (Å²) >= 11 is 0. The van der Waals surface area contributed by atoms with E-state index in [0.29, 0.717) is 6.42 Å². The lowest BCUT2D eigenvalue weighted by atomic mass is 9.86. The molecule has 4 N–H and O–H groups in total. The number of aliphatic hydroxyl groups excluding tert-OH is 2. The van der Waals surface area contributed by atoms with Gasteiger partial charge in [0.15, 0.2) is 0 Å². The predicted molar refractivity (Wildman–Crippen MR) is 122 cm³/mol. The van der Waals surface area contributed by atoms with Crippen LogP contribution in [0.25, 0.3) is 0 Å². The maximum absolute atomic E-state index is 10.7. The number of carbonyl (C=O) groups is 1. The van der Waals surface area contributed by atoms with E-state index in [2.05, 4.69) is 25.1 Å². The second-order valence-corrected chi connectivity index (χ2v) is 9.42. The molecule has 3 rings (SSSR count). The van der Waals surface area contributed by atoms with Crippen LogP contribution in [0.2, 0.25) is 0 Å². The Morgan fingerprint density at radius 2 is 1.75 bits per heavy atom. The van der Waals surface area contributed by atoms with E-state index in [-0.39, 0.29) is 12.8 Å². The van der Waals surface area contributed by atoms with Crippen molar-refractivity contribution in [2.45, 2.75) is 82.9 Å². The Labute approximate surface area is 189 Å². The van der Waals surface area contributed by atoms with Gasteiger partial charge >= 0.3 is 5.97 Å². The maximum Gasteiger partial charge on any atom is 0.303 e. The number of ether oxygens (including phenoxy) is 1. The highest BCUT2D eigenvalue weighted by atomic mass is 16.5. The van der Waals surface area contributed by atoms with Gasteiger partial charge < -0.3 is 25.2 Å². The molecule has 0 radical (unpaired) electrons. The van der Waals surface area contributed by atoms with Crippen molar-refractivity contribution in [3.8, 4) is 0 Å². The van der Waals surface area contributed by atoms with Crippen LogP contribution in [0.15, 0.2) is 42.5 Å². The molecular formula is C26H34O6. The zero-order valence-corrected chi connectivity index (χ0v) is 19.0. The molecule has 0 bridgehead atoms. The molecule has 32 heavy (non-hydrogen) atoms. The number of carboxylic acid groups (broad SMARTS) is 1. The van der Waals surface area contributed by atoms with E-state index in [1.54, 1.807) is 13.8 Å². The third-order valence-electron chi connectivity index (χ3n) is 6.19. The van der Waals surface area contributed by atoms with E-state index in [1.807, 2.05) is 24.3 Å². The number of benzene rings is 2. The van der Waals surface area contributed by atoms with Crippen LogP contribution in [-0.2, 0) is 22.4 Å². The highest BCUT2D eigenvalue weighted by molar-refractivity contribution is 5.66. The summed E-state index contributed by atoms with van der Waals surface area (Å²) in [6.07, 6.45) is -0.843. The number of aliphatic carboxylic acids is 1. The lowest BCUT2D eigenvalue weighted by Gasteiger charge is -2.42. The number of rotatable bonds is 8. The third-order valence-corrected chi connectivity index (χ3v) is 6.19. The Kier molecular flexibility index (Phi) is 7.72. The molecular weight excluding hydrogens is 408 g/mol. The van der Waals surface area contributed by atoms with Crippen molar-refractivity contribution in [1.82, 2.24) is 0 Å². The summed E-state index contributed by atoms with van der Waals surface area (Å²) in [7, 11) is 0. The van der Waals surface area contributed by atoms with Crippen LogP contribution in [0, 0.1) is 6.92 Å². The Balaban J connectivity index is 1.72. The van der Waals surface area contributed by atoms with E-state index < -0.39 is 36.0 Å². The standard InChI is InChI=1S/C26H34O6/c1-16-7-12-19(22-15-21(27)24(30)25(32-22)26(2,3)31)14-20(16)13-18-10-8-17(9-11-18)5-4-6-23(28)29/h7-12,14,21-22,24-25,27,30-31H,4-6,13,15H2,1-3H3,(H,28,29)/t21-,22-,24+,25?/m1/s1. The molecule has 0 saturated carbocycles.